The van der Waals surface area contributed by atoms with Crippen molar-refractivity contribution in [3.05, 3.63) is 30.3 Å². The molecule has 0 spiro atoms. The van der Waals surface area contributed by atoms with Crippen LogP contribution in [0.4, 0.5) is 0 Å². The van der Waals surface area contributed by atoms with Crippen molar-refractivity contribution < 1.29 is 9.53 Å². The standard InChI is InChI=1S/C17H24O2Se/c1-2-9-17(18)19-15-12-7-4-8-13-16(15)20-14-10-5-3-6-11-14/h3,5-6,10-11,15-16H,2,4,7-9,12-13H2,1H3/t15-,16-/m1/s1. The van der Waals surface area contributed by atoms with Crippen LogP contribution in [0.1, 0.15) is 51.9 Å². The zero-order valence-electron chi connectivity index (χ0n) is 12.2. The van der Waals surface area contributed by atoms with Crippen LogP contribution in [-0.4, -0.2) is 27.0 Å². The molecule has 1 aliphatic carbocycles. The van der Waals surface area contributed by atoms with Crippen LogP contribution >= 0.6 is 0 Å². The normalized spacial score (nSPS) is 23.1. The predicted molar refractivity (Wildman–Crippen MR) is 83.5 cm³/mol. The second-order valence-electron chi connectivity index (χ2n) is 5.39. The van der Waals surface area contributed by atoms with Gasteiger partial charge < -0.3 is 0 Å². The van der Waals surface area contributed by atoms with E-state index >= 15 is 0 Å². The van der Waals surface area contributed by atoms with Crippen LogP contribution < -0.4 is 4.46 Å². The number of esters is 1. The molecule has 0 aromatic heterocycles. The molecule has 0 aliphatic heterocycles. The number of rotatable bonds is 5. The fraction of sp³-hybridized carbons (Fsp3) is 0.588. The van der Waals surface area contributed by atoms with Crippen LogP contribution in [0.3, 0.4) is 0 Å². The molecule has 0 heterocycles. The first-order chi connectivity index (χ1) is 9.79. The first-order valence-electron chi connectivity index (χ1n) is 7.70. The summed E-state index contributed by atoms with van der Waals surface area (Å²) in [7, 11) is 0. The number of benzene rings is 1. The van der Waals surface area contributed by atoms with Crippen molar-refractivity contribution in [1.29, 1.82) is 0 Å². The van der Waals surface area contributed by atoms with Gasteiger partial charge in [-0.25, -0.2) is 0 Å². The van der Waals surface area contributed by atoms with E-state index in [0.29, 0.717) is 26.2 Å². The van der Waals surface area contributed by atoms with Gasteiger partial charge in [0.25, 0.3) is 0 Å². The van der Waals surface area contributed by atoms with E-state index in [1.54, 1.807) is 0 Å². The summed E-state index contributed by atoms with van der Waals surface area (Å²) in [6.07, 6.45) is 7.60. The predicted octanol–water partition coefficient (Wildman–Crippen LogP) is 3.48. The van der Waals surface area contributed by atoms with Gasteiger partial charge in [-0.1, -0.05) is 0 Å². The van der Waals surface area contributed by atoms with Crippen molar-refractivity contribution in [2.24, 2.45) is 0 Å². The molecule has 1 fully saturated rings. The van der Waals surface area contributed by atoms with Gasteiger partial charge in [-0.15, -0.1) is 0 Å². The van der Waals surface area contributed by atoms with Crippen LogP contribution in [0.25, 0.3) is 0 Å². The summed E-state index contributed by atoms with van der Waals surface area (Å²) >= 11 is 0.406. The Balaban J connectivity index is 1.99. The minimum absolute atomic E-state index is 0.00624. The summed E-state index contributed by atoms with van der Waals surface area (Å²) in [5.74, 6) is -0.00624. The van der Waals surface area contributed by atoms with Gasteiger partial charge in [0, 0.05) is 0 Å². The molecule has 0 unspecified atom stereocenters. The van der Waals surface area contributed by atoms with E-state index in [2.05, 4.69) is 30.3 Å². The summed E-state index contributed by atoms with van der Waals surface area (Å²) < 4.78 is 7.19. The number of hydrogen-bond acceptors (Lipinski definition) is 2. The van der Waals surface area contributed by atoms with E-state index in [0.717, 1.165) is 12.8 Å². The van der Waals surface area contributed by atoms with Gasteiger partial charge in [0.15, 0.2) is 0 Å². The molecule has 2 nitrogen and oxygen atoms in total. The van der Waals surface area contributed by atoms with Gasteiger partial charge >= 0.3 is 128 Å². The molecule has 1 aromatic carbocycles. The van der Waals surface area contributed by atoms with Gasteiger partial charge in [-0.05, 0) is 0 Å². The van der Waals surface area contributed by atoms with Crippen LogP contribution in [0.5, 0.6) is 0 Å². The summed E-state index contributed by atoms with van der Waals surface area (Å²) in [5.41, 5.74) is 0. The van der Waals surface area contributed by atoms with Gasteiger partial charge in [0.1, 0.15) is 0 Å². The second kappa shape index (κ2) is 8.49. The maximum atomic E-state index is 11.8. The summed E-state index contributed by atoms with van der Waals surface area (Å²) in [4.78, 5) is 12.4. The molecule has 1 aliphatic rings. The maximum absolute atomic E-state index is 11.8. The molecule has 0 bridgehead atoms. The summed E-state index contributed by atoms with van der Waals surface area (Å²) in [6, 6.07) is 10.7. The SMILES string of the molecule is CCCC(=O)O[C@@H]1CCCCC[C@H]1[Se]c1ccccc1. The Labute approximate surface area is 128 Å². The number of ether oxygens (including phenoxy) is 1. The topological polar surface area (TPSA) is 26.3 Å². The quantitative estimate of drug-likeness (QED) is 0.466. The number of hydrogen-bond donors (Lipinski definition) is 0. The zero-order valence-corrected chi connectivity index (χ0v) is 13.9. The molecule has 0 amide bonds. The van der Waals surface area contributed by atoms with Gasteiger partial charge in [-0.3, -0.25) is 0 Å². The average molecular weight is 339 g/mol. The molecule has 0 radical (unpaired) electrons. The molecule has 110 valence electrons. The van der Waals surface area contributed by atoms with Crippen molar-refractivity contribution in [2.45, 2.75) is 62.8 Å². The summed E-state index contributed by atoms with van der Waals surface area (Å²) in [5, 5.41) is 0. The third-order valence-electron chi connectivity index (χ3n) is 3.66. The molecule has 0 saturated heterocycles. The average Bonchev–Trinajstić information content (AvgIpc) is 2.66. The van der Waals surface area contributed by atoms with Crippen molar-refractivity contribution in [3.8, 4) is 0 Å². The van der Waals surface area contributed by atoms with Gasteiger partial charge in [0.05, 0.1) is 0 Å². The van der Waals surface area contributed by atoms with Crippen LogP contribution in [0.15, 0.2) is 30.3 Å². The van der Waals surface area contributed by atoms with Crippen molar-refractivity contribution in [1.82, 2.24) is 0 Å². The van der Waals surface area contributed by atoms with E-state index in [1.165, 1.54) is 30.1 Å². The Hall–Kier alpha value is -0.791. The van der Waals surface area contributed by atoms with Gasteiger partial charge in [0.2, 0.25) is 0 Å². The van der Waals surface area contributed by atoms with Crippen LogP contribution in [-0.2, 0) is 9.53 Å². The minimum atomic E-state index is -0.00624. The van der Waals surface area contributed by atoms with Gasteiger partial charge in [-0.2, -0.15) is 0 Å². The molecular weight excluding hydrogens is 315 g/mol. The molecule has 0 N–H and O–H groups in total. The molecule has 3 heteroatoms. The Bertz CT molecular complexity index is 405. The zero-order chi connectivity index (χ0) is 14.2. The number of carbonyl (C=O) groups is 1. The third kappa shape index (κ3) is 4.95. The van der Waals surface area contributed by atoms with E-state index in [4.69, 9.17) is 4.74 Å². The van der Waals surface area contributed by atoms with Crippen molar-refractivity contribution in [3.63, 3.8) is 0 Å². The summed E-state index contributed by atoms with van der Waals surface area (Å²) in [6.45, 7) is 2.03. The third-order valence-corrected chi connectivity index (χ3v) is 6.57. The fourth-order valence-corrected chi connectivity index (χ4v) is 5.33. The molecule has 2 atom stereocenters. The van der Waals surface area contributed by atoms with E-state index < -0.39 is 0 Å². The molecule has 20 heavy (non-hydrogen) atoms. The van der Waals surface area contributed by atoms with Crippen LogP contribution in [0, 0.1) is 0 Å². The first-order valence-corrected chi connectivity index (χ1v) is 9.55. The fourth-order valence-electron chi connectivity index (χ4n) is 2.61. The van der Waals surface area contributed by atoms with E-state index in [-0.39, 0.29) is 12.1 Å². The van der Waals surface area contributed by atoms with E-state index in [9.17, 15) is 4.79 Å². The second-order valence-corrected chi connectivity index (χ2v) is 8.14. The van der Waals surface area contributed by atoms with E-state index in [1.807, 2.05) is 6.92 Å². The monoisotopic (exact) mass is 340 g/mol. The number of carbonyl (C=O) groups excluding carboxylic acids is 1. The Morgan fingerprint density at radius 3 is 2.70 bits per heavy atom. The van der Waals surface area contributed by atoms with Crippen LogP contribution in [0.2, 0.25) is 4.82 Å². The molecule has 2 rings (SSSR count). The van der Waals surface area contributed by atoms with Crippen molar-refractivity contribution in [2.75, 3.05) is 0 Å². The van der Waals surface area contributed by atoms with Crippen molar-refractivity contribution >= 4 is 25.4 Å². The first kappa shape index (κ1) is 15.6. The Kier molecular flexibility index (Phi) is 6.62. The Morgan fingerprint density at radius 2 is 1.95 bits per heavy atom. The molecule has 1 saturated carbocycles. The molecule has 1 aromatic rings. The molecular formula is C17H24O2Se. The Morgan fingerprint density at radius 1 is 1.20 bits per heavy atom.